The molecule has 3 aliphatic rings. The molecule has 132 valence electrons. The van der Waals surface area contributed by atoms with Crippen molar-refractivity contribution in [2.24, 2.45) is 16.8 Å². The lowest BCUT2D eigenvalue weighted by molar-refractivity contribution is -0.131. The van der Waals surface area contributed by atoms with Gasteiger partial charge in [-0.2, -0.15) is 0 Å². The van der Waals surface area contributed by atoms with Gasteiger partial charge in [0.25, 0.3) is 5.91 Å². The number of likely N-dealkylation sites (N-methyl/N-ethyl adjacent to an activating group) is 1. The smallest absolute Gasteiger partial charge is 0.321 e. The van der Waals surface area contributed by atoms with Crippen LogP contribution in [0.25, 0.3) is 0 Å². The van der Waals surface area contributed by atoms with E-state index in [9.17, 15) is 14.0 Å². The third-order valence-corrected chi connectivity index (χ3v) is 5.86. The van der Waals surface area contributed by atoms with Gasteiger partial charge in [-0.3, -0.25) is 9.79 Å². The first-order chi connectivity index (χ1) is 11.9. The molecule has 3 atom stereocenters. The van der Waals surface area contributed by atoms with E-state index in [-0.39, 0.29) is 23.7 Å². The summed E-state index contributed by atoms with van der Waals surface area (Å²) in [5.74, 6) is 0.829. The fourth-order valence-electron chi connectivity index (χ4n) is 4.45. The first kappa shape index (κ1) is 16.1. The summed E-state index contributed by atoms with van der Waals surface area (Å²) in [4.78, 5) is 33.4. The van der Waals surface area contributed by atoms with Gasteiger partial charge in [-0.05, 0) is 49.9 Å². The highest BCUT2D eigenvalue weighted by Crippen LogP contribution is 2.50. The van der Waals surface area contributed by atoms with Crippen molar-refractivity contribution in [1.29, 1.82) is 0 Å². The maximum atomic E-state index is 13.0. The molecular weight excluding hydrogens is 323 g/mol. The van der Waals surface area contributed by atoms with Crippen LogP contribution < -0.4 is 5.32 Å². The fourth-order valence-corrected chi connectivity index (χ4v) is 4.45. The standard InChI is InChI=1S/C18H21FN4O2/c1-11-21-18(16(24)22(11)2)8-7-12-9-23(10-15(12)18)17(25)20-14-5-3-13(19)4-6-14/h3-6,12,15H,7-10H2,1-2H3,(H,20,25)/t12-,15+,18-/m1/s1. The lowest BCUT2D eigenvalue weighted by Crippen LogP contribution is -2.46. The second-order valence-corrected chi connectivity index (χ2v) is 7.19. The summed E-state index contributed by atoms with van der Waals surface area (Å²) in [7, 11) is 1.76. The molecule has 2 fully saturated rings. The Morgan fingerprint density at radius 1 is 1.32 bits per heavy atom. The number of aliphatic imine (C=N–C) groups is 1. The van der Waals surface area contributed by atoms with E-state index in [1.807, 2.05) is 6.92 Å². The highest BCUT2D eigenvalue weighted by Gasteiger charge is 2.60. The van der Waals surface area contributed by atoms with E-state index < -0.39 is 5.54 Å². The second kappa shape index (κ2) is 5.54. The molecule has 7 heteroatoms. The highest BCUT2D eigenvalue weighted by molar-refractivity contribution is 6.07. The average Bonchev–Trinajstić information content (AvgIpc) is 3.22. The largest absolute Gasteiger partial charge is 0.324 e. The molecule has 0 bridgehead atoms. The average molecular weight is 344 g/mol. The number of carbonyl (C=O) groups is 2. The Kier molecular flexibility index (Phi) is 3.56. The van der Waals surface area contributed by atoms with Crippen LogP contribution in [0.5, 0.6) is 0 Å². The number of nitrogens with one attached hydrogen (secondary N) is 1. The highest BCUT2D eigenvalue weighted by atomic mass is 19.1. The van der Waals surface area contributed by atoms with Crippen LogP contribution in [-0.2, 0) is 4.79 Å². The minimum atomic E-state index is -0.686. The Morgan fingerprint density at radius 3 is 2.68 bits per heavy atom. The van der Waals surface area contributed by atoms with E-state index in [1.165, 1.54) is 24.3 Å². The maximum Gasteiger partial charge on any atom is 0.321 e. The van der Waals surface area contributed by atoms with Crippen molar-refractivity contribution >= 4 is 23.5 Å². The molecule has 1 saturated carbocycles. The molecule has 1 aromatic carbocycles. The SMILES string of the molecule is CC1=N[C@@]2(CC[C@@H]3CN(C(=O)Nc4ccc(F)cc4)C[C@@H]32)C(=O)N1C. The number of hydrogen-bond acceptors (Lipinski definition) is 3. The van der Waals surface area contributed by atoms with Gasteiger partial charge in [-0.1, -0.05) is 0 Å². The third kappa shape index (κ3) is 2.41. The number of amidine groups is 1. The lowest BCUT2D eigenvalue weighted by Gasteiger charge is -2.27. The van der Waals surface area contributed by atoms with Crippen LogP contribution in [0, 0.1) is 17.7 Å². The Hall–Kier alpha value is -2.44. The van der Waals surface area contributed by atoms with Crippen molar-refractivity contribution in [3.63, 3.8) is 0 Å². The first-order valence-corrected chi connectivity index (χ1v) is 8.57. The molecule has 0 unspecified atom stereocenters. The molecule has 1 saturated heterocycles. The van der Waals surface area contributed by atoms with Crippen LogP contribution >= 0.6 is 0 Å². The van der Waals surface area contributed by atoms with Crippen LogP contribution in [0.15, 0.2) is 29.3 Å². The van der Waals surface area contributed by atoms with Gasteiger partial charge < -0.3 is 15.1 Å². The minimum absolute atomic E-state index is 0.0540. The third-order valence-electron chi connectivity index (χ3n) is 5.86. The summed E-state index contributed by atoms with van der Waals surface area (Å²) in [5.41, 5.74) is -0.127. The number of fused-ring (bicyclic) bond motifs is 2. The van der Waals surface area contributed by atoms with E-state index in [0.717, 1.165) is 18.7 Å². The number of amides is 3. The molecule has 25 heavy (non-hydrogen) atoms. The molecule has 6 nitrogen and oxygen atoms in total. The Morgan fingerprint density at radius 2 is 2.04 bits per heavy atom. The first-order valence-electron chi connectivity index (χ1n) is 8.57. The predicted octanol–water partition coefficient (Wildman–Crippen LogP) is 2.33. The van der Waals surface area contributed by atoms with Gasteiger partial charge in [-0.25, -0.2) is 9.18 Å². The number of benzene rings is 1. The van der Waals surface area contributed by atoms with Gasteiger partial charge in [0.05, 0.1) is 0 Å². The van der Waals surface area contributed by atoms with Crippen molar-refractivity contribution in [3.8, 4) is 0 Å². The minimum Gasteiger partial charge on any atom is -0.324 e. The number of nitrogens with zero attached hydrogens (tertiary/aromatic N) is 3. The molecule has 4 rings (SSSR count). The van der Waals surface area contributed by atoms with Crippen LogP contribution in [0.3, 0.4) is 0 Å². The molecule has 2 aliphatic heterocycles. The van der Waals surface area contributed by atoms with Crippen LogP contribution in [-0.4, -0.2) is 53.2 Å². The summed E-state index contributed by atoms with van der Waals surface area (Å²) in [6, 6.07) is 5.49. The summed E-state index contributed by atoms with van der Waals surface area (Å²) < 4.78 is 13.0. The fraction of sp³-hybridized carbons (Fsp3) is 0.500. The lowest BCUT2D eigenvalue weighted by atomic mass is 9.85. The second-order valence-electron chi connectivity index (χ2n) is 7.19. The van der Waals surface area contributed by atoms with E-state index >= 15 is 0 Å². The summed E-state index contributed by atoms with van der Waals surface area (Å²) in [5, 5.41) is 2.80. The zero-order valence-electron chi connectivity index (χ0n) is 14.3. The van der Waals surface area contributed by atoms with Gasteiger partial charge in [0.1, 0.15) is 17.2 Å². The van der Waals surface area contributed by atoms with Gasteiger partial charge >= 0.3 is 6.03 Å². The molecule has 0 radical (unpaired) electrons. The number of carbonyl (C=O) groups excluding carboxylic acids is 2. The van der Waals surface area contributed by atoms with E-state index in [1.54, 1.807) is 16.8 Å². The number of rotatable bonds is 1. The summed E-state index contributed by atoms with van der Waals surface area (Å²) >= 11 is 0. The van der Waals surface area contributed by atoms with Crippen LogP contribution in [0.2, 0.25) is 0 Å². The van der Waals surface area contributed by atoms with Gasteiger partial charge in [0.15, 0.2) is 0 Å². The van der Waals surface area contributed by atoms with E-state index in [4.69, 9.17) is 4.99 Å². The molecule has 2 heterocycles. The number of likely N-dealkylation sites (tertiary alicyclic amines) is 1. The number of halogens is 1. The van der Waals surface area contributed by atoms with E-state index in [2.05, 4.69) is 5.32 Å². The van der Waals surface area contributed by atoms with E-state index in [0.29, 0.717) is 24.7 Å². The Labute approximate surface area is 145 Å². The zero-order chi connectivity index (χ0) is 17.8. The van der Waals surface area contributed by atoms with Crippen molar-refractivity contribution < 1.29 is 14.0 Å². The molecule has 1 aromatic rings. The number of anilines is 1. The monoisotopic (exact) mass is 344 g/mol. The quantitative estimate of drug-likeness (QED) is 0.850. The van der Waals surface area contributed by atoms with Crippen LogP contribution in [0.4, 0.5) is 14.9 Å². The summed E-state index contributed by atoms with van der Waals surface area (Å²) in [6.45, 7) is 3.01. The Balaban J connectivity index is 1.49. The number of urea groups is 1. The molecule has 1 spiro atoms. The molecule has 1 aliphatic carbocycles. The van der Waals surface area contributed by atoms with Crippen LogP contribution in [0.1, 0.15) is 19.8 Å². The molecule has 0 aromatic heterocycles. The molecular formula is C18H21FN4O2. The number of hydrogen-bond donors (Lipinski definition) is 1. The zero-order valence-corrected chi connectivity index (χ0v) is 14.3. The normalized spacial score (nSPS) is 30.8. The van der Waals surface area contributed by atoms with Crippen molar-refractivity contribution in [3.05, 3.63) is 30.1 Å². The molecule has 3 amide bonds. The maximum absolute atomic E-state index is 13.0. The van der Waals surface area contributed by atoms with Crippen molar-refractivity contribution in [1.82, 2.24) is 9.80 Å². The summed E-state index contributed by atoms with van der Waals surface area (Å²) in [6.07, 6.45) is 1.66. The van der Waals surface area contributed by atoms with Crippen molar-refractivity contribution in [2.75, 3.05) is 25.5 Å². The molecule has 1 N–H and O–H groups in total. The topological polar surface area (TPSA) is 65.0 Å². The predicted molar refractivity (Wildman–Crippen MR) is 91.8 cm³/mol. The van der Waals surface area contributed by atoms with Gasteiger partial charge in [-0.15, -0.1) is 0 Å². The van der Waals surface area contributed by atoms with Gasteiger partial charge in [0.2, 0.25) is 0 Å². The Bertz CT molecular complexity index is 763. The van der Waals surface area contributed by atoms with Crippen molar-refractivity contribution in [2.45, 2.75) is 25.3 Å². The van der Waals surface area contributed by atoms with Gasteiger partial charge in [0, 0.05) is 31.7 Å².